The first-order chi connectivity index (χ1) is 7.96. The second-order valence-corrected chi connectivity index (χ2v) is 5.67. The lowest BCUT2D eigenvalue weighted by Crippen LogP contribution is -2.41. The summed E-state index contributed by atoms with van der Waals surface area (Å²) < 4.78 is 0. The van der Waals surface area contributed by atoms with Gasteiger partial charge in [-0.1, -0.05) is 0 Å². The molecule has 1 aliphatic rings. The number of amides is 1. The molecule has 1 atom stereocenters. The van der Waals surface area contributed by atoms with Crippen LogP contribution < -0.4 is 10.6 Å². The molecular weight excluding hydrogens is 214 g/mol. The highest BCUT2D eigenvalue weighted by Crippen LogP contribution is 2.24. The molecule has 0 aliphatic carbocycles. The topological polar surface area (TPSA) is 44.4 Å². The molecule has 1 rings (SSSR count). The van der Waals surface area contributed by atoms with Crippen molar-refractivity contribution in [2.45, 2.75) is 39.7 Å². The van der Waals surface area contributed by atoms with E-state index < -0.39 is 0 Å². The van der Waals surface area contributed by atoms with Crippen LogP contribution in [-0.2, 0) is 4.79 Å². The molecule has 1 aliphatic heterocycles. The van der Waals surface area contributed by atoms with E-state index in [1.165, 1.54) is 0 Å². The van der Waals surface area contributed by atoms with Crippen molar-refractivity contribution in [3.63, 3.8) is 0 Å². The van der Waals surface area contributed by atoms with Gasteiger partial charge in [0, 0.05) is 19.1 Å². The van der Waals surface area contributed by atoms with Gasteiger partial charge in [0.1, 0.15) is 0 Å². The van der Waals surface area contributed by atoms with E-state index in [1.54, 1.807) is 0 Å². The summed E-state index contributed by atoms with van der Waals surface area (Å²) in [5.41, 5.74) is -0.191. The van der Waals surface area contributed by atoms with Crippen molar-refractivity contribution in [1.82, 2.24) is 15.5 Å². The maximum absolute atomic E-state index is 12.0. The Kier molecular flexibility index (Phi) is 5.40. The van der Waals surface area contributed by atoms with E-state index in [-0.39, 0.29) is 11.3 Å². The first-order valence-corrected chi connectivity index (χ1v) is 6.65. The maximum Gasteiger partial charge on any atom is 0.227 e. The summed E-state index contributed by atoms with van der Waals surface area (Å²) in [6.45, 7) is 10.00. The molecule has 1 fully saturated rings. The zero-order valence-electron chi connectivity index (χ0n) is 11.7. The van der Waals surface area contributed by atoms with Gasteiger partial charge in [0.2, 0.25) is 5.91 Å². The third-order valence-corrected chi connectivity index (χ3v) is 3.77. The molecular formula is C13H27N3O. The molecule has 2 N–H and O–H groups in total. The fourth-order valence-corrected chi connectivity index (χ4v) is 2.01. The number of carbonyl (C=O) groups is 1. The Hall–Kier alpha value is -0.610. The normalized spacial score (nSPS) is 24.6. The van der Waals surface area contributed by atoms with Crippen LogP contribution in [0, 0.1) is 5.41 Å². The van der Waals surface area contributed by atoms with Crippen LogP contribution in [0.3, 0.4) is 0 Å². The van der Waals surface area contributed by atoms with E-state index in [9.17, 15) is 4.79 Å². The molecule has 1 amide bonds. The largest absolute Gasteiger partial charge is 0.356 e. The predicted octanol–water partition coefficient (Wildman–Crippen LogP) is 0.833. The Balaban J connectivity index is 2.16. The smallest absolute Gasteiger partial charge is 0.227 e. The first-order valence-electron chi connectivity index (χ1n) is 6.65. The van der Waals surface area contributed by atoms with Crippen molar-refractivity contribution in [2.24, 2.45) is 5.41 Å². The Bertz CT molecular complexity index is 247. The van der Waals surface area contributed by atoms with Gasteiger partial charge in [0.25, 0.3) is 0 Å². The van der Waals surface area contributed by atoms with Crippen LogP contribution in [0.15, 0.2) is 0 Å². The van der Waals surface area contributed by atoms with Gasteiger partial charge >= 0.3 is 0 Å². The van der Waals surface area contributed by atoms with Crippen molar-refractivity contribution in [1.29, 1.82) is 0 Å². The average Bonchev–Trinajstić information content (AvgIpc) is 2.72. The fraction of sp³-hybridized carbons (Fsp3) is 0.923. The minimum absolute atomic E-state index is 0.191. The zero-order chi connectivity index (χ0) is 12.9. The molecule has 1 unspecified atom stereocenters. The van der Waals surface area contributed by atoms with E-state index >= 15 is 0 Å². The fourth-order valence-electron chi connectivity index (χ4n) is 2.01. The summed E-state index contributed by atoms with van der Waals surface area (Å²) in [6.07, 6.45) is 1.97. The SMILES string of the molecule is CC(C)N(C)CCCNC(=O)C1(C)CCNC1. The van der Waals surface area contributed by atoms with Crippen LogP contribution in [0.5, 0.6) is 0 Å². The van der Waals surface area contributed by atoms with Gasteiger partial charge in [-0.3, -0.25) is 4.79 Å². The van der Waals surface area contributed by atoms with E-state index in [1.807, 2.05) is 6.92 Å². The molecule has 0 spiro atoms. The number of nitrogens with one attached hydrogen (secondary N) is 2. The van der Waals surface area contributed by atoms with Crippen molar-refractivity contribution >= 4 is 5.91 Å². The summed E-state index contributed by atoms with van der Waals surface area (Å²) in [6, 6.07) is 0.572. The van der Waals surface area contributed by atoms with Gasteiger partial charge in [0.15, 0.2) is 0 Å². The molecule has 17 heavy (non-hydrogen) atoms. The number of carbonyl (C=O) groups excluding carboxylic acids is 1. The van der Waals surface area contributed by atoms with E-state index in [4.69, 9.17) is 0 Å². The third-order valence-electron chi connectivity index (χ3n) is 3.77. The third kappa shape index (κ3) is 4.28. The molecule has 0 radical (unpaired) electrons. The van der Waals surface area contributed by atoms with Crippen molar-refractivity contribution in [2.75, 3.05) is 33.2 Å². The van der Waals surface area contributed by atoms with Crippen LogP contribution >= 0.6 is 0 Å². The molecule has 0 bridgehead atoms. The first kappa shape index (κ1) is 14.5. The highest BCUT2D eigenvalue weighted by molar-refractivity contribution is 5.82. The van der Waals surface area contributed by atoms with Gasteiger partial charge in [0.05, 0.1) is 5.41 Å². The van der Waals surface area contributed by atoms with Crippen molar-refractivity contribution in [3.05, 3.63) is 0 Å². The van der Waals surface area contributed by atoms with E-state index in [2.05, 4.69) is 36.4 Å². The average molecular weight is 241 g/mol. The van der Waals surface area contributed by atoms with Gasteiger partial charge in [-0.05, 0) is 53.8 Å². The van der Waals surface area contributed by atoms with E-state index in [0.717, 1.165) is 39.0 Å². The number of hydrogen-bond donors (Lipinski definition) is 2. The molecule has 4 nitrogen and oxygen atoms in total. The molecule has 0 saturated carbocycles. The second kappa shape index (κ2) is 6.36. The van der Waals surface area contributed by atoms with Crippen LogP contribution in [-0.4, -0.2) is 50.1 Å². The quantitative estimate of drug-likeness (QED) is 0.677. The lowest BCUT2D eigenvalue weighted by molar-refractivity contribution is -0.129. The minimum atomic E-state index is -0.191. The van der Waals surface area contributed by atoms with Gasteiger partial charge < -0.3 is 15.5 Å². The van der Waals surface area contributed by atoms with E-state index in [0.29, 0.717) is 6.04 Å². The summed E-state index contributed by atoms with van der Waals surface area (Å²) in [5, 5.41) is 6.30. The Morgan fingerprint density at radius 3 is 2.76 bits per heavy atom. The van der Waals surface area contributed by atoms with Crippen LogP contribution in [0.25, 0.3) is 0 Å². The standard InChI is InChI=1S/C13H27N3O/c1-11(2)16(4)9-5-7-15-12(17)13(3)6-8-14-10-13/h11,14H,5-10H2,1-4H3,(H,15,17). The molecule has 0 aromatic rings. The van der Waals surface area contributed by atoms with Gasteiger partial charge in [-0.25, -0.2) is 0 Å². The summed E-state index contributed by atoms with van der Waals surface area (Å²) in [5.74, 6) is 0.203. The predicted molar refractivity (Wildman–Crippen MR) is 71.0 cm³/mol. The van der Waals surface area contributed by atoms with Crippen LogP contribution in [0.4, 0.5) is 0 Å². The summed E-state index contributed by atoms with van der Waals surface area (Å²) in [7, 11) is 2.12. The summed E-state index contributed by atoms with van der Waals surface area (Å²) in [4.78, 5) is 14.3. The monoisotopic (exact) mass is 241 g/mol. The Morgan fingerprint density at radius 2 is 2.24 bits per heavy atom. The highest BCUT2D eigenvalue weighted by atomic mass is 16.2. The molecule has 1 saturated heterocycles. The molecule has 0 aromatic heterocycles. The number of rotatable bonds is 6. The minimum Gasteiger partial charge on any atom is -0.356 e. The maximum atomic E-state index is 12.0. The lowest BCUT2D eigenvalue weighted by atomic mass is 9.89. The van der Waals surface area contributed by atoms with Gasteiger partial charge in [-0.2, -0.15) is 0 Å². The molecule has 4 heteroatoms. The van der Waals surface area contributed by atoms with Crippen molar-refractivity contribution < 1.29 is 4.79 Å². The molecule has 100 valence electrons. The zero-order valence-corrected chi connectivity index (χ0v) is 11.7. The van der Waals surface area contributed by atoms with Crippen LogP contribution in [0.1, 0.15) is 33.6 Å². The number of hydrogen-bond acceptors (Lipinski definition) is 3. The van der Waals surface area contributed by atoms with Crippen molar-refractivity contribution in [3.8, 4) is 0 Å². The Morgan fingerprint density at radius 1 is 1.53 bits per heavy atom. The van der Waals surface area contributed by atoms with Gasteiger partial charge in [-0.15, -0.1) is 0 Å². The highest BCUT2D eigenvalue weighted by Gasteiger charge is 2.35. The van der Waals surface area contributed by atoms with Crippen LogP contribution in [0.2, 0.25) is 0 Å². The Labute approximate surface area is 105 Å². The molecule has 0 aromatic carbocycles. The number of nitrogens with zero attached hydrogens (tertiary/aromatic N) is 1. The molecule has 1 heterocycles. The lowest BCUT2D eigenvalue weighted by Gasteiger charge is -2.23. The second-order valence-electron chi connectivity index (χ2n) is 5.67. The summed E-state index contributed by atoms with van der Waals surface area (Å²) >= 11 is 0.